The molecule has 1 aromatic heterocycles. The lowest BCUT2D eigenvalue weighted by molar-refractivity contribution is 0.169. The number of halogens is 1. The van der Waals surface area contributed by atoms with Crippen LogP contribution in [0.4, 0.5) is 4.39 Å². The monoisotopic (exact) mass is 451 g/mol. The van der Waals surface area contributed by atoms with E-state index in [-0.39, 0.29) is 5.82 Å². The third kappa shape index (κ3) is 4.59. The van der Waals surface area contributed by atoms with Crippen molar-refractivity contribution in [3.05, 3.63) is 108 Å². The fourth-order valence-corrected chi connectivity index (χ4v) is 4.77. The van der Waals surface area contributed by atoms with E-state index in [1.165, 1.54) is 0 Å². The standard InChI is InChI=1S/C30H30FN3/c1-3-24-10-9-23(20-29(24)31)21-33-16-18-34(19-17-33)22(2)25-11-13-26(14-12-25)28-8-4-6-27-7-5-15-32-30(27)28/h4-15,20H,2-3,16-19,21H2,1H3. The molecule has 0 amide bonds. The van der Waals surface area contributed by atoms with Gasteiger partial charge in [-0.3, -0.25) is 9.88 Å². The van der Waals surface area contributed by atoms with Crippen LogP contribution in [0, 0.1) is 5.82 Å². The molecule has 0 bridgehead atoms. The van der Waals surface area contributed by atoms with Crippen molar-refractivity contribution in [3.8, 4) is 11.1 Å². The lowest BCUT2D eigenvalue weighted by Gasteiger charge is -2.37. The first-order valence-electron chi connectivity index (χ1n) is 12.0. The van der Waals surface area contributed by atoms with Crippen LogP contribution in [0.3, 0.4) is 0 Å². The van der Waals surface area contributed by atoms with E-state index in [0.717, 1.165) is 83.6 Å². The second-order valence-electron chi connectivity index (χ2n) is 8.95. The summed E-state index contributed by atoms with van der Waals surface area (Å²) in [6.45, 7) is 10.9. The Labute approximate surface area is 201 Å². The van der Waals surface area contributed by atoms with E-state index in [1.807, 2.05) is 25.3 Å². The summed E-state index contributed by atoms with van der Waals surface area (Å²) in [7, 11) is 0. The molecule has 3 nitrogen and oxygen atoms in total. The first-order valence-corrected chi connectivity index (χ1v) is 12.0. The molecule has 0 aliphatic carbocycles. The van der Waals surface area contributed by atoms with Crippen molar-refractivity contribution in [1.82, 2.24) is 14.8 Å². The zero-order valence-electron chi connectivity index (χ0n) is 19.7. The third-order valence-electron chi connectivity index (χ3n) is 6.82. The number of piperazine rings is 1. The first-order chi connectivity index (χ1) is 16.6. The van der Waals surface area contributed by atoms with Gasteiger partial charge in [-0.05, 0) is 40.8 Å². The highest BCUT2D eigenvalue weighted by Gasteiger charge is 2.19. The number of hydrogen-bond acceptors (Lipinski definition) is 3. The van der Waals surface area contributed by atoms with Crippen molar-refractivity contribution in [2.24, 2.45) is 0 Å². The van der Waals surface area contributed by atoms with Gasteiger partial charge in [0.25, 0.3) is 0 Å². The van der Waals surface area contributed by atoms with Crippen LogP contribution in [0.1, 0.15) is 23.6 Å². The van der Waals surface area contributed by atoms with Gasteiger partial charge in [-0.15, -0.1) is 0 Å². The third-order valence-corrected chi connectivity index (χ3v) is 6.82. The Morgan fingerprint density at radius 2 is 1.71 bits per heavy atom. The molecule has 1 aliphatic rings. The van der Waals surface area contributed by atoms with Crippen LogP contribution in [-0.4, -0.2) is 41.0 Å². The summed E-state index contributed by atoms with van der Waals surface area (Å²) in [6.07, 6.45) is 2.57. The van der Waals surface area contributed by atoms with Gasteiger partial charge in [-0.25, -0.2) is 4.39 Å². The topological polar surface area (TPSA) is 19.4 Å². The lowest BCUT2D eigenvalue weighted by Crippen LogP contribution is -2.44. The fraction of sp³-hybridized carbons (Fsp3) is 0.233. The minimum absolute atomic E-state index is 0.0882. The molecule has 0 N–H and O–H groups in total. The molecule has 4 aromatic rings. The van der Waals surface area contributed by atoms with Crippen LogP contribution in [0.15, 0.2) is 85.6 Å². The molecule has 2 heterocycles. The highest BCUT2D eigenvalue weighted by atomic mass is 19.1. The number of benzene rings is 3. The number of para-hydroxylation sites is 1. The Hall–Kier alpha value is -3.50. The van der Waals surface area contributed by atoms with E-state index in [9.17, 15) is 4.39 Å². The molecule has 34 heavy (non-hydrogen) atoms. The summed E-state index contributed by atoms with van der Waals surface area (Å²) in [5.41, 5.74) is 7.35. The van der Waals surface area contributed by atoms with E-state index < -0.39 is 0 Å². The molecule has 1 fully saturated rings. The Kier molecular flexibility index (Phi) is 6.41. The number of rotatable bonds is 6. The van der Waals surface area contributed by atoms with Gasteiger partial charge in [0, 0.05) is 55.6 Å². The number of hydrogen-bond donors (Lipinski definition) is 0. The van der Waals surface area contributed by atoms with Gasteiger partial charge in [0.05, 0.1) is 5.52 Å². The maximum atomic E-state index is 14.1. The Bertz CT molecular complexity index is 1300. The highest BCUT2D eigenvalue weighted by Crippen LogP contribution is 2.29. The van der Waals surface area contributed by atoms with E-state index in [4.69, 9.17) is 0 Å². The summed E-state index contributed by atoms with van der Waals surface area (Å²) in [5.74, 6) is -0.0882. The van der Waals surface area contributed by atoms with Crippen molar-refractivity contribution in [2.45, 2.75) is 19.9 Å². The maximum Gasteiger partial charge on any atom is 0.126 e. The summed E-state index contributed by atoms with van der Waals surface area (Å²) < 4.78 is 14.1. The van der Waals surface area contributed by atoms with Gasteiger partial charge >= 0.3 is 0 Å². The molecule has 0 spiro atoms. The Balaban J connectivity index is 1.22. The SMILES string of the molecule is C=C(c1ccc(-c2cccc3cccnc23)cc1)N1CCN(Cc2ccc(CC)c(F)c2)CC1. The largest absolute Gasteiger partial charge is 0.369 e. The van der Waals surface area contributed by atoms with Crippen molar-refractivity contribution in [3.63, 3.8) is 0 Å². The molecule has 3 aromatic carbocycles. The summed E-state index contributed by atoms with van der Waals surface area (Å²) in [6, 6.07) is 24.7. The molecule has 0 saturated carbocycles. The number of aromatic nitrogens is 1. The zero-order valence-corrected chi connectivity index (χ0v) is 19.7. The van der Waals surface area contributed by atoms with Crippen molar-refractivity contribution < 1.29 is 4.39 Å². The molecule has 0 radical (unpaired) electrons. The van der Waals surface area contributed by atoms with E-state index >= 15 is 0 Å². The molecule has 0 atom stereocenters. The second kappa shape index (κ2) is 9.78. The van der Waals surface area contributed by atoms with Crippen molar-refractivity contribution in [2.75, 3.05) is 26.2 Å². The van der Waals surface area contributed by atoms with Crippen LogP contribution in [0.2, 0.25) is 0 Å². The van der Waals surface area contributed by atoms with Gasteiger partial charge in [0.1, 0.15) is 5.82 Å². The fourth-order valence-electron chi connectivity index (χ4n) is 4.77. The maximum absolute atomic E-state index is 14.1. The molecule has 172 valence electrons. The molecule has 1 saturated heterocycles. The zero-order chi connectivity index (χ0) is 23.5. The number of fused-ring (bicyclic) bond motifs is 1. The Morgan fingerprint density at radius 1 is 0.941 bits per heavy atom. The number of pyridine rings is 1. The summed E-state index contributed by atoms with van der Waals surface area (Å²) in [5, 5.41) is 1.15. The van der Waals surface area contributed by atoms with Crippen LogP contribution in [0.25, 0.3) is 27.7 Å². The smallest absolute Gasteiger partial charge is 0.126 e. The molecule has 1 aliphatic heterocycles. The molecule has 5 rings (SSSR count). The summed E-state index contributed by atoms with van der Waals surface area (Å²) in [4.78, 5) is 9.33. The van der Waals surface area contributed by atoms with Gasteiger partial charge in [0.15, 0.2) is 0 Å². The van der Waals surface area contributed by atoms with E-state index in [0.29, 0.717) is 0 Å². The van der Waals surface area contributed by atoms with Gasteiger partial charge < -0.3 is 4.90 Å². The van der Waals surface area contributed by atoms with Gasteiger partial charge in [-0.2, -0.15) is 0 Å². The van der Waals surface area contributed by atoms with Crippen molar-refractivity contribution >= 4 is 16.6 Å². The highest BCUT2D eigenvalue weighted by molar-refractivity contribution is 5.93. The quantitative estimate of drug-likeness (QED) is 0.339. The summed E-state index contributed by atoms with van der Waals surface area (Å²) >= 11 is 0. The van der Waals surface area contributed by atoms with Crippen LogP contribution < -0.4 is 0 Å². The Morgan fingerprint density at radius 3 is 2.44 bits per heavy atom. The van der Waals surface area contributed by atoms with Crippen LogP contribution >= 0.6 is 0 Å². The predicted molar refractivity (Wildman–Crippen MR) is 139 cm³/mol. The van der Waals surface area contributed by atoms with Gasteiger partial charge in [-0.1, -0.05) is 74.2 Å². The lowest BCUT2D eigenvalue weighted by atomic mass is 10.00. The van der Waals surface area contributed by atoms with E-state index in [1.54, 1.807) is 6.07 Å². The van der Waals surface area contributed by atoms with Crippen LogP contribution in [-0.2, 0) is 13.0 Å². The van der Waals surface area contributed by atoms with Crippen molar-refractivity contribution in [1.29, 1.82) is 0 Å². The van der Waals surface area contributed by atoms with Crippen LogP contribution in [0.5, 0.6) is 0 Å². The van der Waals surface area contributed by atoms with E-state index in [2.05, 4.69) is 76.0 Å². The average molecular weight is 452 g/mol. The number of nitrogens with zero attached hydrogens (tertiary/aromatic N) is 3. The molecule has 0 unspecified atom stereocenters. The number of aryl methyl sites for hydroxylation is 1. The minimum atomic E-state index is -0.0882. The normalized spacial score (nSPS) is 14.5. The predicted octanol–water partition coefficient (Wildman–Crippen LogP) is 6.39. The van der Waals surface area contributed by atoms with Gasteiger partial charge in [0.2, 0.25) is 0 Å². The first kappa shape index (κ1) is 22.3. The minimum Gasteiger partial charge on any atom is -0.369 e. The second-order valence-corrected chi connectivity index (χ2v) is 8.95. The average Bonchev–Trinajstić information content (AvgIpc) is 2.89. The molecular formula is C30H30FN3. The molecule has 4 heteroatoms. The molecular weight excluding hydrogens is 421 g/mol.